The quantitative estimate of drug-likeness (QED) is 0.565. The molecule has 0 aliphatic rings. The number of nitrogens with zero attached hydrogens (tertiary/aromatic N) is 4. The molecule has 148 valence electrons. The Morgan fingerprint density at radius 1 is 1.10 bits per heavy atom. The molecule has 0 unspecified atom stereocenters. The zero-order chi connectivity index (χ0) is 20.7. The lowest BCUT2D eigenvalue weighted by Crippen LogP contribution is -2.14. The van der Waals surface area contributed by atoms with Gasteiger partial charge < -0.3 is 5.32 Å². The van der Waals surface area contributed by atoms with Crippen LogP contribution in [-0.4, -0.2) is 25.5 Å². The van der Waals surface area contributed by atoms with Crippen LogP contribution in [0.2, 0.25) is 0 Å². The Kier molecular flexibility index (Phi) is 4.74. The zero-order valence-corrected chi connectivity index (χ0v) is 16.9. The van der Waals surface area contributed by atoms with Gasteiger partial charge in [0, 0.05) is 29.2 Å². The maximum atomic E-state index is 13.0. The number of pyridine rings is 1. The van der Waals surface area contributed by atoms with Gasteiger partial charge in [0.1, 0.15) is 5.82 Å². The smallest absolute Gasteiger partial charge is 0.224 e. The average Bonchev–Trinajstić information content (AvgIpc) is 3.02. The van der Waals surface area contributed by atoms with Gasteiger partial charge in [-0.1, -0.05) is 0 Å². The van der Waals surface area contributed by atoms with E-state index in [1.54, 1.807) is 12.1 Å². The number of rotatable bonds is 4. The highest BCUT2D eigenvalue weighted by Gasteiger charge is 2.17. The van der Waals surface area contributed by atoms with Crippen molar-refractivity contribution in [2.75, 3.05) is 5.32 Å². The van der Waals surface area contributed by atoms with E-state index in [1.165, 1.54) is 12.1 Å². The van der Waals surface area contributed by atoms with Crippen LogP contribution in [0.4, 0.5) is 10.1 Å². The summed E-state index contributed by atoms with van der Waals surface area (Å²) in [5.41, 5.74) is 6.90. The molecule has 1 aromatic carbocycles. The van der Waals surface area contributed by atoms with Crippen molar-refractivity contribution in [3.8, 4) is 0 Å². The van der Waals surface area contributed by atoms with Crippen LogP contribution in [0.5, 0.6) is 0 Å². The third kappa shape index (κ3) is 3.55. The van der Waals surface area contributed by atoms with E-state index in [9.17, 15) is 9.18 Å². The lowest BCUT2D eigenvalue weighted by molar-refractivity contribution is -0.116. The molecule has 0 aliphatic heterocycles. The predicted molar refractivity (Wildman–Crippen MR) is 111 cm³/mol. The molecular weight excluding hydrogens is 369 g/mol. The minimum absolute atomic E-state index is 0.130. The van der Waals surface area contributed by atoms with Crippen molar-refractivity contribution in [3.63, 3.8) is 0 Å². The number of aryl methyl sites for hydroxylation is 4. The van der Waals surface area contributed by atoms with Crippen molar-refractivity contribution in [2.45, 2.75) is 40.5 Å². The zero-order valence-electron chi connectivity index (χ0n) is 16.9. The number of carbonyl (C=O) groups is 1. The molecule has 3 heterocycles. The summed E-state index contributed by atoms with van der Waals surface area (Å²) in [6.45, 7) is 7.94. The van der Waals surface area contributed by atoms with Crippen LogP contribution >= 0.6 is 0 Å². The minimum Gasteiger partial charge on any atom is -0.326 e. The number of halogens is 1. The molecule has 0 bridgehead atoms. The molecule has 0 saturated heterocycles. The van der Waals surface area contributed by atoms with Gasteiger partial charge in [0.2, 0.25) is 5.91 Å². The second-order valence-electron chi connectivity index (χ2n) is 7.33. The number of benzene rings is 1. The number of anilines is 1. The summed E-state index contributed by atoms with van der Waals surface area (Å²) in [5.74, 6) is -0.463. The largest absolute Gasteiger partial charge is 0.326 e. The molecule has 0 saturated carbocycles. The van der Waals surface area contributed by atoms with E-state index in [0.717, 1.165) is 39.2 Å². The molecule has 29 heavy (non-hydrogen) atoms. The molecule has 3 aromatic heterocycles. The number of carbonyl (C=O) groups excluding carboxylic acids is 1. The van der Waals surface area contributed by atoms with Crippen molar-refractivity contribution >= 4 is 28.3 Å². The van der Waals surface area contributed by atoms with Crippen LogP contribution in [0, 0.1) is 33.5 Å². The molecule has 0 spiro atoms. The van der Waals surface area contributed by atoms with Gasteiger partial charge in [0.05, 0.1) is 5.39 Å². The van der Waals surface area contributed by atoms with Crippen LogP contribution in [-0.2, 0) is 11.2 Å². The topological polar surface area (TPSA) is 72.2 Å². The van der Waals surface area contributed by atoms with E-state index < -0.39 is 0 Å². The molecule has 7 heteroatoms. The molecular formula is C22H22FN5O. The summed E-state index contributed by atoms with van der Waals surface area (Å²) >= 11 is 0. The number of aromatic nitrogens is 4. The van der Waals surface area contributed by atoms with Gasteiger partial charge in [-0.05, 0) is 75.6 Å². The Bertz CT molecular complexity index is 1240. The van der Waals surface area contributed by atoms with Crippen LogP contribution < -0.4 is 5.32 Å². The van der Waals surface area contributed by atoms with Crippen molar-refractivity contribution in [1.29, 1.82) is 0 Å². The summed E-state index contributed by atoms with van der Waals surface area (Å²) in [4.78, 5) is 21.6. The Hall–Kier alpha value is -3.35. The lowest BCUT2D eigenvalue weighted by atomic mass is 10.1. The molecule has 1 N–H and O–H groups in total. The van der Waals surface area contributed by atoms with E-state index in [4.69, 9.17) is 4.98 Å². The summed E-state index contributed by atoms with van der Waals surface area (Å²) in [6.07, 6.45) is 0.832. The number of hydrogen-bond donors (Lipinski definition) is 1. The van der Waals surface area contributed by atoms with Crippen LogP contribution in [0.25, 0.3) is 16.7 Å². The number of fused-ring (bicyclic) bond motifs is 3. The third-order valence-corrected chi connectivity index (χ3v) is 5.14. The summed E-state index contributed by atoms with van der Waals surface area (Å²) in [5, 5.41) is 8.40. The third-order valence-electron chi connectivity index (χ3n) is 5.14. The summed E-state index contributed by atoms with van der Waals surface area (Å²) < 4.78 is 14.8. The number of hydrogen-bond acceptors (Lipinski definition) is 4. The number of amides is 1. The van der Waals surface area contributed by atoms with Crippen molar-refractivity contribution in [2.24, 2.45) is 0 Å². The van der Waals surface area contributed by atoms with E-state index >= 15 is 0 Å². The van der Waals surface area contributed by atoms with Gasteiger partial charge in [-0.25, -0.2) is 18.9 Å². The van der Waals surface area contributed by atoms with Crippen LogP contribution in [0.15, 0.2) is 30.3 Å². The van der Waals surface area contributed by atoms with E-state index in [-0.39, 0.29) is 11.7 Å². The highest BCUT2D eigenvalue weighted by atomic mass is 19.1. The van der Waals surface area contributed by atoms with Crippen LogP contribution in [0.1, 0.15) is 34.6 Å². The first kappa shape index (κ1) is 19.0. The fourth-order valence-corrected chi connectivity index (χ4v) is 3.72. The van der Waals surface area contributed by atoms with Gasteiger partial charge in [-0.2, -0.15) is 0 Å². The SMILES string of the molecule is Cc1cc(C)c2c(n1)nn1c(C)c(CCC(=O)Nc3ccc(F)cc3)c(C)nc21. The van der Waals surface area contributed by atoms with E-state index in [1.807, 2.05) is 38.3 Å². The van der Waals surface area contributed by atoms with Crippen molar-refractivity contribution < 1.29 is 9.18 Å². The van der Waals surface area contributed by atoms with E-state index in [2.05, 4.69) is 15.4 Å². The fourth-order valence-electron chi connectivity index (χ4n) is 3.72. The summed E-state index contributed by atoms with van der Waals surface area (Å²) in [6, 6.07) is 7.77. The van der Waals surface area contributed by atoms with Gasteiger partial charge in [0.15, 0.2) is 11.3 Å². The molecule has 0 fully saturated rings. The Morgan fingerprint density at radius 3 is 2.55 bits per heavy atom. The standard InChI is InChI=1S/C22H22FN5O/c1-12-11-13(2)24-21-20(12)22-25-14(3)18(15(4)28(22)27-21)9-10-19(29)26-17-7-5-16(23)6-8-17/h5-8,11H,9-10H2,1-4H3,(H,26,29). The first-order valence-electron chi connectivity index (χ1n) is 9.51. The van der Waals surface area contributed by atoms with Gasteiger partial charge >= 0.3 is 0 Å². The first-order chi connectivity index (χ1) is 13.8. The Balaban J connectivity index is 1.62. The fraction of sp³-hybridized carbons (Fsp3) is 0.273. The average molecular weight is 391 g/mol. The Labute approximate surface area is 167 Å². The van der Waals surface area contributed by atoms with Gasteiger partial charge in [-0.15, -0.1) is 5.10 Å². The molecule has 6 nitrogen and oxygen atoms in total. The van der Waals surface area contributed by atoms with Crippen molar-refractivity contribution in [3.05, 3.63) is 64.4 Å². The normalized spacial score (nSPS) is 11.3. The second-order valence-corrected chi connectivity index (χ2v) is 7.33. The lowest BCUT2D eigenvalue weighted by Gasteiger charge is -2.11. The maximum absolute atomic E-state index is 13.0. The number of nitrogens with one attached hydrogen (secondary N) is 1. The predicted octanol–water partition coefficient (Wildman–Crippen LogP) is 4.22. The molecule has 0 aliphatic carbocycles. The van der Waals surface area contributed by atoms with Gasteiger partial charge in [-0.3, -0.25) is 4.79 Å². The molecule has 0 atom stereocenters. The monoisotopic (exact) mass is 391 g/mol. The molecule has 1 amide bonds. The molecule has 0 radical (unpaired) electrons. The Morgan fingerprint density at radius 2 is 1.83 bits per heavy atom. The van der Waals surface area contributed by atoms with Gasteiger partial charge in [0.25, 0.3) is 0 Å². The first-order valence-corrected chi connectivity index (χ1v) is 9.51. The van der Waals surface area contributed by atoms with Crippen LogP contribution in [0.3, 0.4) is 0 Å². The van der Waals surface area contributed by atoms with Crippen molar-refractivity contribution in [1.82, 2.24) is 19.6 Å². The molecule has 4 aromatic rings. The second kappa shape index (κ2) is 7.24. The highest BCUT2D eigenvalue weighted by Crippen LogP contribution is 2.25. The summed E-state index contributed by atoms with van der Waals surface area (Å²) in [7, 11) is 0. The highest BCUT2D eigenvalue weighted by molar-refractivity contribution is 5.93. The molecule has 4 rings (SSSR count). The van der Waals surface area contributed by atoms with E-state index in [0.29, 0.717) is 24.2 Å². The minimum atomic E-state index is -0.333. The maximum Gasteiger partial charge on any atom is 0.224 e.